The van der Waals surface area contributed by atoms with Crippen molar-refractivity contribution in [2.45, 2.75) is 23.6 Å². The van der Waals surface area contributed by atoms with Gasteiger partial charge in [-0.3, -0.25) is 9.59 Å². The Morgan fingerprint density at radius 1 is 1.18 bits per heavy atom. The summed E-state index contributed by atoms with van der Waals surface area (Å²) < 4.78 is 55.8. The van der Waals surface area contributed by atoms with E-state index in [4.69, 9.17) is 5.11 Å². The number of halogens is 5. The lowest BCUT2D eigenvalue weighted by molar-refractivity contribution is -0.171. The zero-order chi connectivity index (χ0) is 16.7. The molecule has 2 rings (SSSR count). The highest BCUT2D eigenvalue weighted by Gasteiger charge is 2.55. The molecule has 1 N–H and O–H groups in total. The Hall–Kier alpha value is -1.12. The van der Waals surface area contributed by atoms with Crippen molar-refractivity contribution in [3.05, 3.63) is 12.2 Å². The van der Waals surface area contributed by atoms with E-state index in [9.17, 15) is 27.2 Å². The van der Waals surface area contributed by atoms with Gasteiger partial charge in [-0.05, 0) is 34.2 Å². The number of ether oxygens (including phenoxy) is 1. The number of carbonyl (C=O) groups excluding carboxylic acids is 1. The van der Waals surface area contributed by atoms with Crippen molar-refractivity contribution in [1.82, 2.24) is 0 Å². The molecule has 4 atom stereocenters. The van der Waals surface area contributed by atoms with Crippen LogP contribution in [0, 0.1) is 23.7 Å². The van der Waals surface area contributed by atoms with E-state index in [1.54, 1.807) is 28.1 Å². The second-order valence-corrected chi connectivity index (χ2v) is 6.45. The fourth-order valence-corrected chi connectivity index (χ4v) is 3.20. The number of fused-ring (bicyclic) bond motifs is 2. The standard InChI is InChI=1S/C13H13BrF4O4/c14-13(17,18)12(15,16)3-4-22-11(21)9-7-2-1-6(5-7)8(9)10(19)20/h1-2,6-9H,3-5H2,(H,19,20). The normalized spacial score (nSPS) is 30.6. The third kappa shape index (κ3) is 3.13. The Morgan fingerprint density at radius 3 is 2.23 bits per heavy atom. The van der Waals surface area contributed by atoms with Gasteiger partial charge in [0, 0.05) is 0 Å². The van der Waals surface area contributed by atoms with Crippen LogP contribution in [0.2, 0.25) is 0 Å². The molecule has 4 nitrogen and oxygen atoms in total. The van der Waals surface area contributed by atoms with E-state index >= 15 is 0 Å². The van der Waals surface area contributed by atoms with Crippen molar-refractivity contribution in [2.75, 3.05) is 6.61 Å². The van der Waals surface area contributed by atoms with Gasteiger partial charge in [-0.25, -0.2) is 0 Å². The summed E-state index contributed by atoms with van der Waals surface area (Å²) in [7, 11) is 0. The smallest absolute Gasteiger partial charge is 0.363 e. The molecule has 1 saturated carbocycles. The number of aliphatic carboxylic acids is 1. The number of carboxylic acid groups (broad SMARTS) is 1. The zero-order valence-electron chi connectivity index (χ0n) is 11.1. The number of carbonyl (C=O) groups is 2. The average Bonchev–Trinajstić information content (AvgIpc) is 2.96. The van der Waals surface area contributed by atoms with E-state index in [1.165, 1.54) is 0 Å². The van der Waals surface area contributed by atoms with Crippen LogP contribution in [0.1, 0.15) is 12.8 Å². The van der Waals surface area contributed by atoms with Crippen LogP contribution in [0.4, 0.5) is 17.6 Å². The third-order valence-corrected chi connectivity index (χ3v) is 4.67. The van der Waals surface area contributed by atoms with E-state index in [0.717, 1.165) is 0 Å². The third-order valence-electron chi connectivity index (χ3n) is 4.09. The second kappa shape index (κ2) is 5.82. The molecule has 0 aromatic heterocycles. The second-order valence-electron chi connectivity index (χ2n) is 5.46. The quantitative estimate of drug-likeness (QED) is 0.328. The van der Waals surface area contributed by atoms with E-state index in [2.05, 4.69) is 4.74 Å². The number of esters is 1. The minimum Gasteiger partial charge on any atom is -0.481 e. The van der Waals surface area contributed by atoms with Gasteiger partial charge in [-0.2, -0.15) is 17.6 Å². The fourth-order valence-electron chi connectivity index (χ4n) is 3.00. The molecule has 0 amide bonds. The minimum atomic E-state index is -4.40. The van der Waals surface area contributed by atoms with Gasteiger partial charge >= 0.3 is 22.7 Å². The summed E-state index contributed by atoms with van der Waals surface area (Å²) in [6.45, 7) is -0.906. The lowest BCUT2D eigenvalue weighted by Crippen LogP contribution is -2.38. The van der Waals surface area contributed by atoms with Gasteiger partial charge in [-0.1, -0.05) is 12.2 Å². The van der Waals surface area contributed by atoms with E-state index in [1.807, 2.05) is 0 Å². The highest BCUT2D eigenvalue weighted by molar-refractivity contribution is 9.10. The molecule has 2 aliphatic carbocycles. The van der Waals surface area contributed by atoms with Crippen molar-refractivity contribution in [3.8, 4) is 0 Å². The monoisotopic (exact) mass is 388 g/mol. The van der Waals surface area contributed by atoms with E-state index in [-0.39, 0.29) is 11.8 Å². The average molecular weight is 389 g/mol. The summed E-state index contributed by atoms with van der Waals surface area (Å²) >= 11 is 1.58. The van der Waals surface area contributed by atoms with Crippen LogP contribution in [0.5, 0.6) is 0 Å². The Morgan fingerprint density at radius 2 is 1.73 bits per heavy atom. The largest absolute Gasteiger partial charge is 0.481 e. The molecule has 124 valence electrons. The summed E-state index contributed by atoms with van der Waals surface area (Å²) in [5.74, 6) is -8.96. The minimum absolute atomic E-state index is 0.284. The molecule has 0 spiro atoms. The maximum absolute atomic E-state index is 13.0. The highest BCUT2D eigenvalue weighted by Crippen LogP contribution is 2.48. The van der Waals surface area contributed by atoms with Gasteiger partial charge in [0.1, 0.15) is 0 Å². The van der Waals surface area contributed by atoms with Gasteiger partial charge in [0.25, 0.3) is 0 Å². The molecule has 0 aromatic rings. The lowest BCUT2D eigenvalue weighted by Gasteiger charge is -2.24. The maximum atomic E-state index is 13.0. The first kappa shape index (κ1) is 17.2. The fraction of sp³-hybridized carbons (Fsp3) is 0.692. The first-order chi connectivity index (χ1) is 10.0. The summed E-state index contributed by atoms with van der Waals surface area (Å²) in [6, 6.07) is 0. The van der Waals surface area contributed by atoms with Crippen LogP contribution in [0.3, 0.4) is 0 Å². The molecule has 0 aromatic carbocycles. The van der Waals surface area contributed by atoms with Crippen molar-refractivity contribution in [3.63, 3.8) is 0 Å². The van der Waals surface area contributed by atoms with Gasteiger partial charge in [0.15, 0.2) is 0 Å². The number of allylic oxidation sites excluding steroid dienone is 2. The molecule has 1 fully saturated rings. The molecule has 0 saturated heterocycles. The summed E-state index contributed by atoms with van der Waals surface area (Å²) in [6.07, 6.45) is 2.56. The Labute approximate surface area is 131 Å². The predicted octanol–water partition coefficient (Wildman–Crippen LogP) is 3.07. The Balaban J connectivity index is 1.93. The van der Waals surface area contributed by atoms with Crippen LogP contribution in [0.25, 0.3) is 0 Å². The first-order valence-electron chi connectivity index (χ1n) is 6.57. The van der Waals surface area contributed by atoms with Crippen molar-refractivity contribution < 1.29 is 37.0 Å². The summed E-state index contributed by atoms with van der Waals surface area (Å²) in [5.41, 5.74) is 0. The molecular weight excluding hydrogens is 376 g/mol. The van der Waals surface area contributed by atoms with Crippen LogP contribution in [-0.2, 0) is 14.3 Å². The van der Waals surface area contributed by atoms with Gasteiger partial charge in [0.05, 0.1) is 24.9 Å². The Kier molecular flexibility index (Phi) is 4.56. The van der Waals surface area contributed by atoms with Gasteiger partial charge < -0.3 is 9.84 Å². The van der Waals surface area contributed by atoms with Crippen LogP contribution < -0.4 is 0 Å². The number of hydrogen-bond donors (Lipinski definition) is 1. The van der Waals surface area contributed by atoms with Gasteiger partial charge in [0.2, 0.25) is 0 Å². The molecular formula is C13H13BrF4O4. The molecule has 22 heavy (non-hydrogen) atoms. The molecule has 2 aliphatic rings. The number of alkyl halides is 5. The maximum Gasteiger partial charge on any atom is 0.363 e. The van der Waals surface area contributed by atoms with Crippen LogP contribution in [-0.4, -0.2) is 34.4 Å². The molecule has 0 radical (unpaired) electrons. The van der Waals surface area contributed by atoms with Crippen molar-refractivity contribution >= 4 is 27.9 Å². The van der Waals surface area contributed by atoms with E-state index < -0.39 is 47.6 Å². The van der Waals surface area contributed by atoms with Gasteiger partial charge in [-0.15, -0.1) is 0 Å². The SMILES string of the molecule is O=C(O)C1C2C=CC(C2)C1C(=O)OCCC(F)(F)C(F)(F)Br. The summed E-state index contributed by atoms with van der Waals surface area (Å²) in [4.78, 5) is 18.7. The lowest BCUT2D eigenvalue weighted by atomic mass is 9.83. The number of carboxylic acids is 1. The zero-order valence-corrected chi connectivity index (χ0v) is 12.7. The van der Waals surface area contributed by atoms with E-state index in [0.29, 0.717) is 6.42 Å². The van der Waals surface area contributed by atoms with Crippen molar-refractivity contribution in [1.29, 1.82) is 0 Å². The van der Waals surface area contributed by atoms with Crippen LogP contribution in [0.15, 0.2) is 12.2 Å². The molecule has 9 heteroatoms. The van der Waals surface area contributed by atoms with Crippen LogP contribution >= 0.6 is 15.9 Å². The highest BCUT2D eigenvalue weighted by atomic mass is 79.9. The molecule has 0 heterocycles. The topological polar surface area (TPSA) is 63.6 Å². The van der Waals surface area contributed by atoms with Crippen molar-refractivity contribution in [2.24, 2.45) is 23.7 Å². The number of rotatable bonds is 6. The summed E-state index contributed by atoms with van der Waals surface area (Å²) in [5, 5.41) is 9.15. The molecule has 0 aliphatic heterocycles. The molecule has 4 unspecified atom stereocenters. The molecule has 2 bridgehead atoms. The Bertz CT molecular complexity index is 503. The predicted molar refractivity (Wildman–Crippen MR) is 69.7 cm³/mol. The first-order valence-corrected chi connectivity index (χ1v) is 7.36. The number of hydrogen-bond acceptors (Lipinski definition) is 3.